The molecule has 0 heterocycles. The number of aldehydes is 6. The Kier molecular flexibility index (Phi) is 43.6. The van der Waals surface area contributed by atoms with Crippen molar-refractivity contribution in [1.29, 1.82) is 0 Å². The van der Waals surface area contributed by atoms with Gasteiger partial charge in [0.05, 0.1) is 12.8 Å². The Labute approximate surface area is 390 Å². The first-order valence-corrected chi connectivity index (χ1v) is 17.6. The summed E-state index contributed by atoms with van der Waals surface area (Å²) in [6, 6.07) is 0. The quantitative estimate of drug-likeness (QED) is 0.0235. The van der Waals surface area contributed by atoms with Crippen molar-refractivity contribution in [3.8, 4) is 0 Å². The number of rotatable bonds is 30. The van der Waals surface area contributed by atoms with E-state index < -0.39 is 181 Å². The van der Waals surface area contributed by atoms with Gasteiger partial charge in [0.1, 0.15) is 43.7 Å². The number of hydrogen-bond acceptors (Lipinski definition) is 31. The number of aliphatic hydroxyl groups excluding tert-OH is 9. The summed E-state index contributed by atoms with van der Waals surface area (Å²) in [5.41, 5.74) is 0. The van der Waals surface area contributed by atoms with E-state index in [2.05, 4.69) is 0 Å². The Morgan fingerprint density at radius 1 is 0.324 bits per heavy atom. The summed E-state index contributed by atoms with van der Waals surface area (Å²) in [6.07, 6.45) is -17.9. The van der Waals surface area contributed by atoms with E-state index in [0.717, 1.165) is 0 Å². The molecule has 0 unspecified atom stereocenters. The smallest absolute Gasteiger partial charge is 0.375 e. The van der Waals surface area contributed by atoms with Gasteiger partial charge in [-0.3, -0.25) is 86.3 Å². The van der Waals surface area contributed by atoms with E-state index in [4.69, 9.17) is 66.4 Å². The van der Waals surface area contributed by atoms with E-state index in [1.54, 1.807) is 0 Å². The van der Waals surface area contributed by atoms with Crippen molar-refractivity contribution in [2.24, 2.45) is 0 Å². The predicted molar refractivity (Wildman–Crippen MR) is 206 cm³/mol. The van der Waals surface area contributed by atoms with Crippen molar-refractivity contribution in [1.82, 2.24) is 0 Å². The fourth-order valence-electron chi connectivity index (χ4n) is 2.78. The molecular formula is C36H40O35. The number of carboxylic acid groups (broad SMARTS) is 4. The second-order valence-corrected chi connectivity index (χ2v) is 11.9. The zero-order valence-corrected chi connectivity index (χ0v) is 35.3. The van der Waals surface area contributed by atoms with Crippen LogP contribution >= 0.6 is 0 Å². The minimum absolute atomic E-state index is 0.0126. The van der Waals surface area contributed by atoms with Crippen LogP contribution in [-0.4, -0.2) is 253 Å². The summed E-state index contributed by atoms with van der Waals surface area (Å²) < 4.78 is 0. The van der Waals surface area contributed by atoms with Crippen LogP contribution in [0.2, 0.25) is 0 Å². The number of ketones is 12. The van der Waals surface area contributed by atoms with Crippen molar-refractivity contribution in [3.05, 3.63) is 0 Å². The van der Waals surface area contributed by atoms with Crippen LogP contribution in [0.3, 0.4) is 0 Å². The van der Waals surface area contributed by atoms with Gasteiger partial charge in [0, 0.05) is 19.3 Å². The van der Waals surface area contributed by atoms with Crippen molar-refractivity contribution >= 4 is 131 Å². The summed E-state index contributed by atoms with van der Waals surface area (Å²) >= 11 is 0. The van der Waals surface area contributed by atoms with Gasteiger partial charge in [0.25, 0.3) is 11.6 Å². The van der Waals surface area contributed by atoms with Gasteiger partial charge >= 0.3 is 23.9 Å². The number of Topliss-reactive ketones (excluding diaryl/α,β-unsaturated/α-hetero) is 12. The molecule has 0 aliphatic heterocycles. The average molecular weight is 1030 g/mol. The Hall–Kier alpha value is -8.42. The monoisotopic (exact) mass is 1030 g/mol. The van der Waals surface area contributed by atoms with Crippen molar-refractivity contribution in [2.45, 2.75) is 74.8 Å². The zero-order valence-electron chi connectivity index (χ0n) is 35.3. The normalized spacial score (nSPS) is 12.4. The molecule has 0 saturated carbocycles. The lowest BCUT2D eigenvalue weighted by molar-refractivity contribution is -0.154. The van der Waals surface area contributed by atoms with Gasteiger partial charge in [-0.05, 0) is 0 Å². The zero-order chi connectivity index (χ0) is 57.5. The lowest BCUT2D eigenvalue weighted by Crippen LogP contribution is -2.40. The maximum Gasteiger partial charge on any atom is 0.375 e. The first-order valence-electron chi connectivity index (χ1n) is 17.6. The fraction of sp³-hybridized carbons (Fsp3) is 0.389. The van der Waals surface area contributed by atoms with Crippen molar-refractivity contribution in [2.75, 3.05) is 13.2 Å². The highest BCUT2D eigenvalue weighted by Gasteiger charge is 2.29. The number of aliphatic hydroxyl groups is 9. The minimum Gasteiger partial charge on any atom is -0.475 e. The molecule has 13 N–H and O–H groups in total. The van der Waals surface area contributed by atoms with E-state index in [1.165, 1.54) is 0 Å². The largest absolute Gasteiger partial charge is 0.475 e. The Morgan fingerprint density at radius 3 is 0.859 bits per heavy atom. The first kappa shape index (κ1) is 74.1. The van der Waals surface area contributed by atoms with Crippen LogP contribution in [-0.2, 0) is 105 Å². The van der Waals surface area contributed by atoms with Gasteiger partial charge in [-0.2, -0.15) is 0 Å². The highest BCUT2D eigenvalue weighted by molar-refractivity contribution is 6.37. The Morgan fingerprint density at radius 2 is 0.606 bits per heavy atom. The van der Waals surface area contributed by atoms with Crippen LogP contribution in [0.4, 0.5) is 0 Å². The van der Waals surface area contributed by atoms with E-state index in [-0.39, 0.29) is 37.7 Å². The fourth-order valence-corrected chi connectivity index (χ4v) is 2.78. The van der Waals surface area contributed by atoms with Crippen molar-refractivity contribution in [3.63, 3.8) is 0 Å². The second kappa shape index (κ2) is 41.7. The summed E-state index contributed by atoms with van der Waals surface area (Å²) in [4.78, 5) is 222. The van der Waals surface area contributed by atoms with Crippen molar-refractivity contribution < 1.29 is 172 Å². The lowest BCUT2D eigenvalue weighted by Gasteiger charge is -2.08. The molecule has 0 saturated heterocycles. The third-order valence-corrected chi connectivity index (χ3v) is 6.44. The average Bonchev–Trinajstić information content (AvgIpc) is 3.34. The highest BCUT2D eigenvalue weighted by atomic mass is 16.4. The topological polar surface area (TPSA) is 639 Å². The molecule has 0 aromatic rings. The molecule has 0 spiro atoms. The molecule has 35 heteroatoms. The summed E-state index contributed by atoms with van der Waals surface area (Å²) in [5.74, 6) is -21.3. The predicted octanol–water partition coefficient (Wildman–Crippen LogP) is -12.3. The molecule has 0 bridgehead atoms. The Balaban J connectivity index is -0.000000179. The minimum atomic E-state index is -2.15. The molecule has 35 nitrogen and oxygen atoms in total. The van der Waals surface area contributed by atoms with E-state index in [9.17, 15) is 105 Å². The van der Waals surface area contributed by atoms with Crippen LogP contribution in [0.1, 0.15) is 32.1 Å². The third kappa shape index (κ3) is 38.3. The number of aliphatic carboxylic acids is 4. The number of carbonyl (C=O) groups is 22. The first-order chi connectivity index (χ1) is 32.6. The van der Waals surface area contributed by atoms with Crippen LogP contribution < -0.4 is 0 Å². The summed E-state index contributed by atoms with van der Waals surface area (Å²) in [5, 5.41) is 109. The van der Waals surface area contributed by atoms with Crippen LogP contribution in [0.5, 0.6) is 0 Å². The molecule has 0 aliphatic rings. The molecule has 0 rings (SSSR count). The molecule has 394 valence electrons. The molecule has 0 amide bonds. The maximum absolute atomic E-state index is 10.4. The van der Waals surface area contributed by atoms with E-state index in [1.807, 2.05) is 0 Å². The summed E-state index contributed by atoms with van der Waals surface area (Å²) in [7, 11) is 0. The Bertz CT molecular complexity index is 2000. The van der Waals surface area contributed by atoms with Crippen LogP contribution in [0.25, 0.3) is 0 Å². The van der Waals surface area contributed by atoms with Gasteiger partial charge < -0.3 is 66.4 Å². The van der Waals surface area contributed by atoms with Gasteiger partial charge in [-0.15, -0.1) is 0 Å². The summed E-state index contributed by atoms with van der Waals surface area (Å²) in [6.45, 7) is -1.72. The van der Waals surface area contributed by atoms with Gasteiger partial charge in [0.15, 0.2) is 73.1 Å². The maximum atomic E-state index is 10.4. The molecule has 0 aliphatic carbocycles. The molecule has 7 atom stereocenters. The molecular weight excluding hydrogens is 992 g/mol. The van der Waals surface area contributed by atoms with Gasteiger partial charge in [-0.1, -0.05) is 0 Å². The molecule has 71 heavy (non-hydrogen) atoms. The molecule has 0 aromatic heterocycles. The molecule has 0 aromatic carbocycles. The molecule has 0 fully saturated rings. The van der Waals surface area contributed by atoms with Gasteiger partial charge in [-0.25, -0.2) is 19.2 Å². The van der Waals surface area contributed by atoms with Crippen LogP contribution in [0.15, 0.2) is 0 Å². The lowest BCUT2D eigenvalue weighted by atomic mass is 10.1. The van der Waals surface area contributed by atoms with Crippen LogP contribution in [0, 0.1) is 0 Å². The SMILES string of the molecule is O=C(CO)C[C@H](O)C(=O)C(=O)O.O=C(O)C(=O)C[C@H](O)C(=O)CO.O=CC(=O)C[C@H](O)C(=O)C(=O)O.O=CC(=O)C[C@H](O)C(=O)C=O.O=CC(=O)[C@@H](O)CC(=O)C(=O)O.O=CC(=O)[C@@H](O)[C@H](O)C(=O)C=O. The number of carboxylic acids is 4. The second-order valence-electron chi connectivity index (χ2n) is 11.9. The highest BCUT2D eigenvalue weighted by Crippen LogP contribution is 1.98. The number of carbonyl (C=O) groups excluding carboxylic acids is 18. The van der Waals surface area contributed by atoms with E-state index >= 15 is 0 Å². The van der Waals surface area contributed by atoms with E-state index in [0.29, 0.717) is 0 Å². The number of hydrogen-bond donors (Lipinski definition) is 13. The van der Waals surface area contributed by atoms with Gasteiger partial charge in [0.2, 0.25) is 34.7 Å². The standard InChI is InChI=1S/C6H6O6.C6H8O6.C6H6O6.C6H8O6.C6H6O6.C6H6O5/c7-1-3(9)5(11)6(12)4(10)2-8;2*7-2-5(10)3(8)1-4(9)6(11)12;2*7-2-3(8)1-4(9)5(10)6(11)12;7-2-4(9)1-5(10)6(11)3-8/h1-2,5-6,11-12H;3,7-8H,1-2H2,(H,11,12);2-3,8H,1H2,(H,11,12);4,7,9H,1-2H2,(H,11,12);2,4,9H,1H2,(H,11,12);2-3,5,10H,1H2/t5-,6-;2*3-;2*4-;5-/m100000/s1. The molecule has 0 radical (unpaired) electrons. The third-order valence-electron chi connectivity index (χ3n) is 6.44.